The van der Waals surface area contributed by atoms with E-state index in [2.05, 4.69) is 9.98 Å². The summed E-state index contributed by atoms with van der Waals surface area (Å²) in [6.45, 7) is 3.00. The van der Waals surface area contributed by atoms with Crippen molar-refractivity contribution in [2.75, 3.05) is 64.1 Å². The molecule has 51 heavy (non-hydrogen) atoms. The summed E-state index contributed by atoms with van der Waals surface area (Å²) in [6, 6.07) is 2.51. The van der Waals surface area contributed by atoms with E-state index in [9.17, 15) is 26.7 Å². The van der Waals surface area contributed by atoms with Gasteiger partial charge in [0, 0.05) is 57.0 Å². The molecule has 0 radical (unpaired) electrons. The molecule has 276 valence electrons. The van der Waals surface area contributed by atoms with Gasteiger partial charge in [-0.15, -0.1) is 0 Å². The molecule has 0 aliphatic carbocycles. The monoisotopic (exact) mass is 738 g/mol. The van der Waals surface area contributed by atoms with E-state index < -0.39 is 35.4 Å². The average Bonchev–Trinajstić information content (AvgIpc) is 3.52. The maximum Gasteiger partial charge on any atom is 0.417 e. The summed E-state index contributed by atoms with van der Waals surface area (Å²) < 4.78 is 82.6. The van der Waals surface area contributed by atoms with Crippen LogP contribution in [0.25, 0.3) is 0 Å². The Labute approximate surface area is 297 Å². The molecule has 2 atom stereocenters. The van der Waals surface area contributed by atoms with Crippen LogP contribution in [0.3, 0.4) is 0 Å². The number of nitrogens with zero attached hydrogens (tertiary/aromatic N) is 6. The number of benzene rings is 1. The van der Waals surface area contributed by atoms with Crippen LogP contribution >= 0.6 is 11.6 Å². The molecule has 1 aromatic carbocycles. The number of anilines is 2. The number of rotatable bonds is 7. The summed E-state index contributed by atoms with van der Waals surface area (Å²) in [4.78, 5) is 31.8. The van der Waals surface area contributed by atoms with E-state index >= 15 is 0 Å². The number of alkyl halides is 3. The van der Waals surface area contributed by atoms with Crippen molar-refractivity contribution in [1.29, 1.82) is 0 Å². The highest BCUT2D eigenvalue weighted by Crippen LogP contribution is 2.45. The number of fused-ring (bicyclic) bond motifs is 2. The Morgan fingerprint density at radius 2 is 1.94 bits per heavy atom. The number of hydrogen-bond donors (Lipinski definition) is 2. The minimum absolute atomic E-state index is 0.00126. The first-order valence-electron chi connectivity index (χ1n) is 16.6. The first kappa shape index (κ1) is 36.8. The predicted molar refractivity (Wildman–Crippen MR) is 182 cm³/mol. The van der Waals surface area contributed by atoms with Crippen LogP contribution in [0.5, 0.6) is 6.01 Å². The van der Waals surface area contributed by atoms with E-state index in [0.717, 1.165) is 6.42 Å². The average molecular weight is 739 g/mol. The van der Waals surface area contributed by atoms with Gasteiger partial charge in [0.1, 0.15) is 18.1 Å². The number of ether oxygens (including phenoxy) is 2. The fraction of sp³-hybridized carbons (Fsp3) is 0.529. The molecule has 4 aliphatic heterocycles. The Balaban J connectivity index is 1.39. The molecule has 0 saturated carbocycles. The number of halogens is 6. The molecule has 2 fully saturated rings. The Kier molecular flexibility index (Phi) is 10.2. The number of aryl methyl sites for hydroxylation is 1. The lowest BCUT2D eigenvalue weighted by Crippen LogP contribution is -2.43. The summed E-state index contributed by atoms with van der Waals surface area (Å²) in [5, 5.41) is -0.00126. The number of aromatic nitrogens is 2. The van der Waals surface area contributed by atoms with Gasteiger partial charge in [0.05, 0.1) is 46.8 Å². The van der Waals surface area contributed by atoms with E-state index in [-0.39, 0.29) is 78.3 Å². The number of amides is 1. The first-order valence-corrected chi connectivity index (χ1v) is 17.0. The van der Waals surface area contributed by atoms with E-state index in [4.69, 9.17) is 37.5 Å². The second kappa shape index (κ2) is 14.2. The van der Waals surface area contributed by atoms with E-state index in [1.807, 2.05) is 9.80 Å². The molecule has 1 aromatic heterocycles. The molecule has 17 heteroatoms. The lowest BCUT2D eigenvalue weighted by atomic mass is 9.92. The number of hydrogen-bond acceptors (Lipinski definition) is 10. The summed E-state index contributed by atoms with van der Waals surface area (Å²) in [6.07, 6.45) is -5.23. The van der Waals surface area contributed by atoms with Crippen LogP contribution < -0.4 is 21.1 Å². The van der Waals surface area contributed by atoms with Gasteiger partial charge in [-0.3, -0.25) is 14.7 Å². The highest BCUT2D eigenvalue weighted by atomic mass is 35.5. The summed E-state index contributed by atoms with van der Waals surface area (Å²) in [5.74, 6) is -0.0895. The Bertz CT molecular complexity index is 1810. The Hall–Kier alpha value is -4.02. The molecule has 6 rings (SSSR count). The molecule has 4 N–H and O–H groups in total. The smallest absolute Gasteiger partial charge is 0.417 e. The van der Waals surface area contributed by atoms with Crippen LogP contribution in [-0.2, 0) is 28.7 Å². The summed E-state index contributed by atoms with van der Waals surface area (Å²) in [7, 11) is 3.10. The molecule has 4 aliphatic rings. The number of carbonyl (C=O) groups excluding carboxylic acids is 1. The summed E-state index contributed by atoms with van der Waals surface area (Å²) >= 11 is 6.62. The summed E-state index contributed by atoms with van der Waals surface area (Å²) in [5.41, 5.74) is 11.9. The van der Waals surface area contributed by atoms with Crippen molar-refractivity contribution in [3.8, 4) is 6.01 Å². The lowest BCUT2D eigenvalue weighted by molar-refractivity contribution is -0.140. The topological polar surface area (TPSA) is 135 Å². The quantitative estimate of drug-likeness (QED) is 0.226. The van der Waals surface area contributed by atoms with Crippen molar-refractivity contribution in [2.24, 2.45) is 10.7 Å². The molecular weight excluding hydrogens is 699 g/mol. The van der Waals surface area contributed by atoms with Gasteiger partial charge in [0.15, 0.2) is 0 Å². The van der Waals surface area contributed by atoms with Crippen LogP contribution in [0, 0.1) is 6.92 Å². The highest BCUT2D eigenvalue weighted by molar-refractivity contribution is 6.45. The third kappa shape index (κ3) is 7.35. The number of nitrogen functional groups attached to an aromatic ring is 1. The fourth-order valence-electron chi connectivity index (χ4n) is 7.50. The number of carbonyl (C=O) groups is 1. The third-order valence-corrected chi connectivity index (χ3v) is 10.4. The predicted octanol–water partition coefficient (Wildman–Crippen LogP) is 5.12. The number of nitrogens with two attached hydrogens (primary N) is 2. The number of likely N-dealkylation sites (N-methyl/N-ethyl adjacent to an activating group) is 1. The molecule has 0 unspecified atom stereocenters. The van der Waals surface area contributed by atoms with Gasteiger partial charge in [-0.1, -0.05) is 11.6 Å². The van der Waals surface area contributed by atoms with E-state index in [0.29, 0.717) is 55.3 Å². The normalized spacial score (nSPS) is 22.9. The van der Waals surface area contributed by atoms with Crippen molar-refractivity contribution in [2.45, 2.75) is 63.5 Å². The minimum Gasteiger partial charge on any atom is -0.461 e. The van der Waals surface area contributed by atoms with Crippen LogP contribution in [0.15, 0.2) is 39.5 Å². The molecule has 0 spiro atoms. The van der Waals surface area contributed by atoms with Crippen LogP contribution in [0.4, 0.5) is 33.5 Å². The van der Waals surface area contributed by atoms with E-state index in [1.54, 1.807) is 14.1 Å². The second-order valence-electron chi connectivity index (χ2n) is 13.7. The van der Waals surface area contributed by atoms with Crippen molar-refractivity contribution >= 4 is 34.7 Å². The van der Waals surface area contributed by atoms with Gasteiger partial charge in [0.2, 0.25) is 0 Å². The fourth-order valence-corrected chi connectivity index (χ4v) is 7.70. The zero-order valence-electron chi connectivity index (χ0n) is 28.5. The second-order valence-corrected chi connectivity index (χ2v) is 14.0. The molecule has 1 amide bonds. The van der Waals surface area contributed by atoms with Gasteiger partial charge in [-0.2, -0.15) is 31.9 Å². The first-order chi connectivity index (χ1) is 24.1. The van der Waals surface area contributed by atoms with Crippen molar-refractivity contribution in [3.63, 3.8) is 0 Å². The van der Waals surface area contributed by atoms with Gasteiger partial charge < -0.3 is 30.7 Å². The number of aliphatic imine (C=N–C) groups is 1. The minimum atomic E-state index is -4.66. The van der Waals surface area contributed by atoms with Gasteiger partial charge in [0.25, 0.3) is 12.0 Å². The SMILES string of the molecule is Cc1cc(N)cc([C@@H]2Cc3nc(OC[C@@]45CCCN4CC(=C(F)F)C5)nc(N4CCCN=C(C(Cl)=C(N)C(=O)N(C)C)C4)c3CO2)c1C(F)(F)F. The van der Waals surface area contributed by atoms with Gasteiger partial charge >= 0.3 is 12.2 Å². The van der Waals surface area contributed by atoms with Gasteiger partial charge in [-0.25, -0.2) is 0 Å². The van der Waals surface area contributed by atoms with Crippen LogP contribution in [-0.4, -0.2) is 90.4 Å². The zero-order valence-corrected chi connectivity index (χ0v) is 29.3. The maximum atomic E-state index is 14.3. The molecule has 5 heterocycles. The van der Waals surface area contributed by atoms with Crippen molar-refractivity contribution in [1.82, 2.24) is 19.8 Å². The third-order valence-electron chi connectivity index (χ3n) is 9.93. The lowest BCUT2D eigenvalue weighted by Gasteiger charge is -2.33. The largest absolute Gasteiger partial charge is 0.461 e. The zero-order chi connectivity index (χ0) is 36.8. The van der Waals surface area contributed by atoms with Crippen LogP contribution in [0.2, 0.25) is 0 Å². The Morgan fingerprint density at radius 3 is 2.65 bits per heavy atom. The molecule has 2 aromatic rings. The van der Waals surface area contributed by atoms with E-state index in [1.165, 1.54) is 24.0 Å². The molecule has 2 saturated heterocycles. The molecule has 11 nitrogen and oxygen atoms in total. The molecule has 0 bridgehead atoms. The standard InChI is InChI=1S/C34H40ClF5N8O3/c1-18-10-20(41)11-21(26(18)34(38,39)40)25-12-23-22(16-50-25)30(47-8-5-7-43-24(15-47)27(35)28(42)31(49)46(2)3)45-32(44-23)51-17-33-6-4-9-48(33)14-19(13-33)29(36)37/h10-11,25H,4-9,12-17,41-42H2,1-3H3/t25-,33-/m0/s1. The Morgan fingerprint density at radius 1 is 1.18 bits per heavy atom. The maximum absolute atomic E-state index is 14.3. The van der Waals surface area contributed by atoms with Crippen molar-refractivity contribution in [3.05, 3.63) is 62.5 Å². The van der Waals surface area contributed by atoms with Gasteiger partial charge in [-0.05, 0) is 62.4 Å². The van der Waals surface area contributed by atoms with Crippen molar-refractivity contribution < 1.29 is 36.2 Å². The highest BCUT2D eigenvalue weighted by Gasteiger charge is 2.48. The molecular formula is C34H40ClF5N8O3. The van der Waals surface area contributed by atoms with Crippen LogP contribution in [0.1, 0.15) is 59.7 Å².